The van der Waals surface area contributed by atoms with Gasteiger partial charge in [0, 0.05) is 6.04 Å². The van der Waals surface area contributed by atoms with Crippen molar-refractivity contribution in [3.8, 4) is 0 Å². The van der Waals surface area contributed by atoms with Crippen molar-refractivity contribution in [1.29, 1.82) is 0 Å². The third-order valence-electron chi connectivity index (χ3n) is 3.44. The highest BCUT2D eigenvalue weighted by Crippen LogP contribution is 2.32. The Kier molecular flexibility index (Phi) is 4.11. The lowest BCUT2D eigenvalue weighted by atomic mass is 9.77. The van der Waals surface area contributed by atoms with Crippen molar-refractivity contribution in [3.05, 3.63) is 17.0 Å². The molecule has 1 aromatic heterocycles. The topological polar surface area (TPSA) is 66.4 Å². The molecule has 0 spiro atoms. The molecule has 1 fully saturated rings. The van der Waals surface area contributed by atoms with Crippen LogP contribution in [0.25, 0.3) is 0 Å². The predicted octanol–water partition coefficient (Wildman–Crippen LogP) is 1.88. The van der Waals surface area contributed by atoms with Crippen LogP contribution < -0.4 is 4.72 Å². The molecule has 0 radical (unpaired) electrons. The molecule has 1 heterocycles. The van der Waals surface area contributed by atoms with Gasteiger partial charge in [0.05, 0.1) is 6.10 Å². The Bertz CT molecular complexity index is 503. The van der Waals surface area contributed by atoms with Crippen molar-refractivity contribution in [2.45, 2.75) is 49.5 Å². The van der Waals surface area contributed by atoms with Crippen LogP contribution in [0.15, 0.2) is 15.7 Å². The van der Waals surface area contributed by atoms with Gasteiger partial charge in [-0.25, -0.2) is 13.1 Å². The van der Waals surface area contributed by atoms with Crippen molar-refractivity contribution < 1.29 is 13.5 Å². The number of hydrogen-bond acceptors (Lipinski definition) is 4. The van der Waals surface area contributed by atoms with Gasteiger partial charge in [-0.2, -0.15) is 0 Å². The molecule has 1 atom stereocenters. The summed E-state index contributed by atoms with van der Waals surface area (Å²) in [7, 11) is -3.40. The summed E-state index contributed by atoms with van der Waals surface area (Å²) in [6, 6.07) is 1.62. The summed E-state index contributed by atoms with van der Waals surface area (Å²) in [5, 5.41) is 11.1. The molecular weight excluding hydrogens is 270 g/mol. The van der Waals surface area contributed by atoms with Gasteiger partial charge in [-0.15, -0.1) is 11.3 Å². The third kappa shape index (κ3) is 2.93. The van der Waals surface area contributed by atoms with E-state index in [1.807, 2.05) is 19.2 Å². The van der Waals surface area contributed by atoms with Crippen LogP contribution in [0.2, 0.25) is 0 Å². The minimum Gasteiger partial charge on any atom is -0.393 e. The molecule has 1 aromatic rings. The number of nitrogens with one attached hydrogen (secondary N) is 1. The van der Waals surface area contributed by atoms with E-state index in [0.29, 0.717) is 17.1 Å². The Morgan fingerprint density at radius 2 is 2.22 bits per heavy atom. The molecule has 102 valence electrons. The summed E-state index contributed by atoms with van der Waals surface area (Å²) < 4.78 is 27.5. The van der Waals surface area contributed by atoms with Gasteiger partial charge in [0.15, 0.2) is 0 Å². The minimum atomic E-state index is -3.40. The van der Waals surface area contributed by atoms with Crippen molar-refractivity contribution >= 4 is 21.4 Å². The van der Waals surface area contributed by atoms with Crippen LogP contribution in [0, 0.1) is 12.8 Å². The summed E-state index contributed by atoms with van der Waals surface area (Å²) >= 11 is 1.25. The molecule has 1 aliphatic rings. The highest BCUT2D eigenvalue weighted by atomic mass is 32.2. The van der Waals surface area contributed by atoms with Gasteiger partial charge in [-0.1, -0.05) is 6.92 Å². The first-order chi connectivity index (χ1) is 8.42. The Labute approximate surface area is 112 Å². The van der Waals surface area contributed by atoms with E-state index in [1.165, 1.54) is 11.3 Å². The second-order valence-corrected chi connectivity index (χ2v) is 7.82. The van der Waals surface area contributed by atoms with Crippen molar-refractivity contribution in [2.24, 2.45) is 5.92 Å². The minimum absolute atomic E-state index is 0.0687. The van der Waals surface area contributed by atoms with E-state index < -0.39 is 10.0 Å². The number of rotatable bonds is 5. The summed E-state index contributed by atoms with van der Waals surface area (Å²) in [6.45, 7) is 3.85. The molecule has 0 aromatic carbocycles. The zero-order valence-corrected chi connectivity index (χ0v) is 12.2. The summed E-state index contributed by atoms with van der Waals surface area (Å²) in [4.78, 5) is 0. The SMILES string of the molecule is CCC(NS(=O)(=O)c1cc(C)cs1)C1CC(O)C1. The van der Waals surface area contributed by atoms with Crippen LogP contribution in [-0.4, -0.2) is 25.7 Å². The number of aryl methyl sites for hydroxylation is 1. The highest BCUT2D eigenvalue weighted by Gasteiger charge is 2.35. The first kappa shape index (κ1) is 14.0. The quantitative estimate of drug-likeness (QED) is 0.870. The molecule has 2 rings (SSSR count). The fourth-order valence-electron chi connectivity index (χ4n) is 2.27. The zero-order chi connectivity index (χ0) is 13.3. The lowest BCUT2D eigenvalue weighted by molar-refractivity contribution is 0.0277. The second-order valence-electron chi connectivity index (χ2n) is 4.96. The van der Waals surface area contributed by atoms with E-state index in [2.05, 4.69) is 4.72 Å². The van der Waals surface area contributed by atoms with Gasteiger partial charge >= 0.3 is 0 Å². The molecule has 0 aliphatic heterocycles. The third-order valence-corrected chi connectivity index (χ3v) is 6.48. The Balaban J connectivity index is 2.07. The van der Waals surface area contributed by atoms with Gasteiger partial charge < -0.3 is 5.11 Å². The van der Waals surface area contributed by atoms with E-state index in [4.69, 9.17) is 0 Å². The van der Waals surface area contributed by atoms with E-state index in [-0.39, 0.29) is 18.1 Å². The van der Waals surface area contributed by atoms with Gasteiger partial charge in [0.1, 0.15) is 4.21 Å². The van der Waals surface area contributed by atoms with Crippen LogP contribution in [0.3, 0.4) is 0 Å². The van der Waals surface area contributed by atoms with Crippen LogP contribution in [-0.2, 0) is 10.0 Å². The van der Waals surface area contributed by atoms with E-state index in [0.717, 1.165) is 12.0 Å². The van der Waals surface area contributed by atoms with Gasteiger partial charge in [0.25, 0.3) is 0 Å². The van der Waals surface area contributed by atoms with Crippen LogP contribution in [0.5, 0.6) is 0 Å². The van der Waals surface area contributed by atoms with Gasteiger partial charge in [0.2, 0.25) is 10.0 Å². The number of sulfonamides is 1. The van der Waals surface area contributed by atoms with E-state index in [1.54, 1.807) is 6.07 Å². The highest BCUT2D eigenvalue weighted by molar-refractivity contribution is 7.91. The monoisotopic (exact) mass is 289 g/mol. The van der Waals surface area contributed by atoms with Crippen molar-refractivity contribution in [2.75, 3.05) is 0 Å². The Morgan fingerprint density at radius 3 is 2.67 bits per heavy atom. The smallest absolute Gasteiger partial charge is 0.250 e. The maximum atomic E-state index is 12.2. The molecule has 4 nitrogen and oxygen atoms in total. The first-order valence-electron chi connectivity index (χ1n) is 6.18. The van der Waals surface area contributed by atoms with Crippen molar-refractivity contribution in [1.82, 2.24) is 4.72 Å². The number of aliphatic hydroxyl groups is 1. The molecule has 18 heavy (non-hydrogen) atoms. The predicted molar refractivity (Wildman–Crippen MR) is 72.2 cm³/mol. The molecule has 1 unspecified atom stereocenters. The summed E-state index contributed by atoms with van der Waals surface area (Å²) in [6.07, 6.45) is 1.90. The molecule has 6 heteroatoms. The second kappa shape index (κ2) is 5.28. The largest absolute Gasteiger partial charge is 0.393 e. The Hall–Kier alpha value is -0.430. The lowest BCUT2D eigenvalue weighted by Crippen LogP contribution is -2.46. The standard InChI is InChI=1S/C12H19NO3S2/c1-3-11(9-5-10(14)6-9)13-18(15,16)12-4-8(2)7-17-12/h4,7,9-11,13-14H,3,5-6H2,1-2H3. The average molecular weight is 289 g/mol. The molecular formula is C12H19NO3S2. The van der Waals surface area contributed by atoms with E-state index in [9.17, 15) is 13.5 Å². The zero-order valence-electron chi connectivity index (χ0n) is 10.6. The fraction of sp³-hybridized carbons (Fsp3) is 0.667. The summed E-state index contributed by atoms with van der Waals surface area (Å²) in [5.74, 6) is 0.265. The first-order valence-corrected chi connectivity index (χ1v) is 8.54. The summed E-state index contributed by atoms with van der Waals surface area (Å²) in [5.41, 5.74) is 0.965. The number of thiophene rings is 1. The average Bonchev–Trinajstić information content (AvgIpc) is 2.69. The fourth-order valence-corrected chi connectivity index (χ4v) is 4.91. The van der Waals surface area contributed by atoms with Gasteiger partial charge in [-0.05, 0) is 49.1 Å². The molecule has 0 amide bonds. The van der Waals surface area contributed by atoms with Gasteiger partial charge in [-0.3, -0.25) is 0 Å². The maximum Gasteiger partial charge on any atom is 0.250 e. The molecule has 2 N–H and O–H groups in total. The normalized spacial score (nSPS) is 25.7. The van der Waals surface area contributed by atoms with E-state index >= 15 is 0 Å². The molecule has 1 aliphatic carbocycles. The molecule has 0 saturated heterocycles. The van der Waals surface area contributed by atoms with Crippen LogP contribution in [0.4, 0.5) is 0 Å². The van der Waals surface area contributed by atoms with Crippen LogP contribution in [0.1, 0.15) is 31.7 Å². The number of aliphatic hydroxyl groups excluding tert-OH is 1. The number of hydrogen-bond donors (Lipinski definition) is 2. The molecule has 0 bridgehead atoms. The van der Waals surface area contributed by atoms with Crippen LogP contribution >= 0.6 is 11.3 Å². The van der Waals surface area contributed by atoms with Crippen molar-refractivity contribution in [3.63, 3.8) is 0 Å². The maximum absolute atomic E-state index is 12.2. The molecule has 1 saturated carbocycles. The lowest BCUT2D eigenvalue weighted by Gasteiger charge is -2.37. The Morgan fingerprint density at radius 1 is 1.56 bits per heavy atom.